The van der Waals surface area contributed by atoms with E-state index in [0.717, 1.165) is 10.6 Å². The van der Waals surface area contributed by atoms with Crippen molar-refractivity contribution in [2.24, 2.45) is 4.99 Å². The van der Waals surface area contributed by atoms with Gasteiger partial charge < -0.3 is 9.15 Å². The zero-order chi connectivity index (χ0) is 19.8. The molecule has 0 spiro atoms. The molecule has 0 N–H and O–H groups in total. The Morgan fingerprint density at radius 3 is 2.82 bits per heavy atom. The van der Waals surface area contributed by atoms with Gasteiger partial charge in [-0.3, -0.25) is 9.36 Å². The quantitative estimate of drug-likeness (QED) is 0.616. The van der Waals surface area contributed by atoms with Crippen molar-refractivity contribution in [3.8, 4) is 0 Å². The lowest BCUT2D eigenvalue weighted by atomic mass is 10.0. The Hall–Kier alpha value is -2.71. The second-order valence-electron chi connectivity index (χ2n) is 6.27. The van der Waals surface area contributed by atoms with Gasteiger partial charge in [-0.05, 0) is 44.4 Å². The van der Waals surface area contributed by atoms with Crippen LogP contribution in [0.1, 0.15) is 36.3 Å². The van der Waals surface area contributed by atoms with E-state index in [4.69, 9.17) is 9.15 Å². The molecule has 4 rings (SSSR count). The van der Waals surface area contributed by atoms with Gasteiger partial charge in [0.1, 0.15) is 17.6 Å². The average molecular weight is 415 g/mol. The standard InChI is InChI=1S/C20H18N2O4S2/c1-4-25-19(24)16-12(3)21-20-22(17(16)14-6-5-9-27-14)18(23)15(28-20)10-13-8-7-11(2)26-13/h5-10,17H,4H2,1-3H3. The van der Waals surface area contributed by atoms with E-state index >= 15 is 0 Å². The number of nitrogens with zero attached hydrogens (tertiary/aromatic N) is 2. The number of hydrogen-bond acceptors (Lipinski definition) is 7. The zero-order valence-electron chi connectivity index (χ0n) is 15.6. The van der Waals surface area contributed by atoms with Crippen molar-refractivity contribution >= 4 is 34.7 Å². The molecule has 144 valence electrons. The van der Waals surface area contributed by atoms with Crippen LogP contribution in [0.4, 0.5) is 0 Å². The third kappa shape index (κ3) is 3.18. The molecule has 0 radical (unpaired) electrons. The maximum atomic E-state index is 13.2. The van der Waals surface area contributed by atoms with Gasteiger partial charge in [-0.25, -0.2) is 9.79 Å². The molecule has 0 bridgehead atoms. The Balaban J connectivity index is 1.95. The zero-order valence-corrected chi connectivity index (χ0v) is 17.2. The second-order valence-corrected chi connectivity index (χ2v) is 8.25. The number of thiophene rings is 1. The predicted octanol–water partition coefficient (Wildman–Crippen LogP) is 2.76. The molecule has 6 nitrogen and oxygen atoms in total. The molecule has 1 unspecified atom stereocenters. The van der Waals surface area contributed by atoms with Crippen molar-refractivity contribution in [3.05, 3.63) is 77.0 Å². The van der Waals surface area contributed by atoms with E-state index in [0.29, 0.717) is 26.4 Å². The van der Waals surface area contributed by atoms with E-state index < -0.39 is 12.0 Å². The van der Waals surface area contributed by atoms with E-state index in [1.54, 1.807) is 24.5 Å². The molecule has 0 saturated heterocycles. The minimum Gasteiger partial charge on any atom is -0.463 e. The molecule has 0 fully saturated rings. The summed E-state index contributed by atoms with van der Waals surface area (Å²) in [5.41, 5.74) is 0.765. The number of esters is 1. The molecule has 1 atom stereocenters. The molecule has 1 aliphatic heterocycles. The van der Waals surface area contributed by atoms with E-state index in [9.17, 15) is 9.59 Å². The molecule has 3 aromatic heterocycles. The summed E-state index contributed by atoms with van der Waals surface area (Å²) in [6.45, 7) is 5.65. The van der Waals surface area contributed by atoms with Crippen molar-refractivity contribution in [1.29, 1.82) is 0 Å². The van der Waals surface area contributed by atoms with Crippen LogP contribution in [0.2, 0.25) is 0 Å². The van der Waals surface area contributed by atoms with Crippen molar-refractivity contribution in [2.75, 3.05) is 6.61 Å². The van der Waals surface area contributed by atoms with Crippen LogP contribution in [0.5, 0.6) is 0 Å². The number of fused-ring (bicyclic) bond motifs is 1. The molecule has 4 heterocycles. The van der Waals surface area contributed by atoms with Crippen LogP contribution in [0.15, 0.2) is 55.1 Å². The number of aryl methyl sites for hydroxylation is 1. The first-order chi connectivity index (χ1) is 13.5. The number of thiazole rings is 1. The van der Waals surface area contributed by atoms with Crippen molar-refractivity contribution in [3.63, 3.8) is 0 Å². The summed E-state index contributed by atoms with van der Waals surface area (Å²) in [6, 6.07) is 6.94. The summed E-state index contributed by atoms with van der Waals surface area (Å²) >= 11 is 2.78. The maximum absolute atomic E-state index is 13.2. The minimum atomic E-state index is -0.546. The number of ether oxygens (including phenoxy) is 1. The fraction of sp³-hybridized carbons (Fsp3) is 0.250. The van der Waals surface area contributed by atoms with Crippen LogP contribution in [0, 0.1) is 6.92 Å². The first-order valence-electron chi connectivity index (χ1n) is 8.79. The smallest absolute Gasteiger partial charge is 0.338 e. The molecule has 28 heavy (non-hydrogen) atoms. The Morgan fingerprint density at radius 2 is 2.18 bits per heavy atom. The number of allylic oxidation sites excluding steroid dienone is 1. The molecule has 3 aromatic rings. The summed E-state index contributed by atoms with van der Waals surface area (Å²) in [7, 11) is 0. The van der Waals surface area contributed by atoms with Crippen LogP contribution in [-0.4, -0.2) is 17.1 Å². The van der Waals surface area contributed by atoms with E-state index in [1.807, 2.05) is 36.6 Å². The highest BCUT2D eigenvalue weighted by Crippen LogP contribution is 2.33. The van der Waals surface area contributed by atoms with Crippen molar-refractivity contribution in [1.82, 2.24) is 4.57 Å². The van der Waals surface area contributed by atoms with Crippen molar-refractivity contribution in [2.45, 2.75) is 26.8 Å². The Kier molecular flexibility index (Phi) is 4.91. The molecule has 0 aliphatic carbocycles. The number of rotatable bonds is 4. The molecular weight excluding hydrogens is 396 g/mol. The molecule has 0 saturated carbocycles. The lowest BCUT2D eigenvalue weighted by Crippen LogP contribution is -2.39. The highest BCUT2D eigenvalue weighted by Gasteiger charge is 2.33. The van der Waals surface area contributed by atoms with Gasteiger partial charge >= 0.3 is 5.97 Å². The summed E-state index contributed by atoms with van der Waals surface area (Å²) in [5, 5.41) is 1.93. The SMILES string of the molecule is CCOC(=O)C1=C(C)N=c2sc(=Cc3ccc(C)o3)c(=O)n2C1c1cccs1. The Morgan fingerprint density at radius 1 is 1.36 bits per heavy atom. The van der Waals surface area contributed by atoms with Gasteiger partial charge in [0.2, 0.25) is 0 Å². The first-order valence-corrected chi connectivity index (χ1v) is 10.5. The average Bonchev–Trinajstić information content (AvgIpc) is 3.37. The molecular formula is C20H18N2O4S2. The Labute approximate surface area is 168 Å². The van der Waals surface area contributed by atoms with Crippen LogP contribution >= 0.6 is 22.7 Å². The van der Waals surface area contributed by atoms with Gasteiger partial charge in [0.05, 0.1) is 22.4 Å². The summed E-state index contributed by atoms with van der Waals surface area (Å²) in [4.78, 5) is 31.9. The van der Waals surface area contributed by atoms with Gasteiger partial charge in [-0.1, -0.05) is 17.4 Å². The number of carbonyl (C=O) groups excluding carboxylic acids is 1. The fourth-order valence-electron chi connectivity index (χ4n) is 3.17. The van der Waals surface area contributed by atoms with Gasteiger partial charge in [0.15, 0.2) is 4.80 Å². The Bertz CT molecular complexity index is 1240. The van der Waals surface area contributed by atoms with E-state index in [1.165, 1.54) is 22.7 Å². The van der Waals surface area contributed by atoms with Crippen LogP contribution in [-0.2, 0) is 9.53 Å². The van der Waals surface area contributed by atoms with Gasteiger partial charge in [-0.2, -0.15) is 0 Å². The summed E-state index contributed by atoms with van der Waals surface area (Å²) in [6.07, 6.45) is 1.71. The second kappa shape index (κ2) is 7.37. The van der Waals surface area contributed by atoms with Crippen LogP contribution in [0.3, 0.4) is 0 Å². The monoisotopic (exact) mass is 414 g/mol. The highest BCUT2D eigenvalue weighted by atomic mass is 32.1. The van der Waals surface area contributed by atoms with E-state index in [-0.39, 0.29) is 12.2 Å². The fourth-order valence-corrected chi connectivity index (χ4v) is 5.02. The van der Waals surface area contributed by atoms with Crippen LogP contribution < -0.4 is 14.9 Å². The summed E-state index contributed by atoms with van der Waals surface area (Å²) < 4.78 is 12.9. The van der Waals surface area contributed by atoms with Crippen LogP contribution in [0.25, 0.3) is 6.08 Å². The number of carbonyl (C=O) groups is 1. The number of furan rings is 1. The maximum Gasteiger partial charge on any atom is 0.338 e. The van der Waals surface area contributed by atoms with Gasteiger partial charge in [0, 0.05) is 11.0 Å². The minimum absolute atomic E-state index is 0.203. The highest BCUT2D eigenvalue weighted by molar-refractivity contribution is 7.10. The van der Waals surface area contributed by atoms with Gasteiger partial charge in [-0.15, -0.1) is 11.3 Å². The number of hydrogen-bond donors (Lipinski definition) is 0. The molecule has 0 aromatic carbocycles. The molecule has 0 amide bonds. The third-order valence-corrected chi connectivity index (χ3v) is 6.27. The summed E-state index contributed by atoms with van der Waals surface area (Å²) in [5.74, 6) is 0.936. The van der Waals surface area contributed by atoms with E-state index in [2.05, 4.69) is 4.99 Å². The molecule has 1 aliphatic rings. The lowest BCUT2D eigenvalue weighted by Gasteiger charge is -2.23. The first kappa shape index (κ1) is 18.6. The normalized spacial score (nSPS) is 16.8. The predicted molar refractivity (Wildman–Crippen MR) is 108 cm³/mol. The molecule has 8 heteroatoms. The third-order valence-electron chi connectivity index (χ3n) is 4.36. The largest absolute Gasteiger partial charge is 0.463 e. The lowest BCUT2D eigenvalue weighted by molar-refractivity contribution is -0.139. The topological polar surface area (TPSA) is 73.8 Å². The van der Waals surface area contributed by atoms with Gasteiger partial charge in [0.25, 0.3) is 5.56 Å². The van der Waals surface area contributed by atoms with Crippen molar-refractivity contribution < 1.29 is 13.9 Å². The number of aromatic nitrogens is 1.